The van der Waals surface area contributed by atoms with Gasteiger partial charge in [0.15, 0.2) is 0 Å². The Morgan fingerprint density at radius 3 is 1.81 bits per heavy atom. The minimum absolute atomic E-state index is 0.0206. The molecular weight excluding hydrogens is 268 g/mol. The van der Waals surface area contributed by atoms with Crippen molar-refractivity contribution >= 4 is 0 Å². The maximum atomic E-state index is 10.7. The van der Waals surface area contributed by atoms with Gasteiger partial charge in [-0.3, -0.25) is 0 Å². The summed E-state index contributed by atoms with van der Waals surface area (Å²) < 4.78 is 0. The molecule has 0 aromatic rings. The van der Waals surface area contributed by atoms with E-state index >= 15 is 0 Å². The fraction of sp³-hybridized carbons (Fsp3) is 1.00. The van der Waals surface area contributed by atoms with Crippen LogP contribution in [-0.4, -0.2) is 18.2 Å². The summed E-state index contributed by atoms with van der Waals surface area (Å²) in [5.74, 6) is 0. The van der Waals surface area contributed by atoms with Gasteiger partial charge in [0, 0.05) is 0 Å². The van der Waals surface area contributed by atoms with Crippen LogP contribution >= 0.6 is 0 Å². The number of hydrogen-bond donors (Lipinski definition) is 1. The first kappa shape index (κ1) is 15.1. The molecular formula is C16H28N2O3. The summed E-state index contributed by atoms with van der Waals surface area (Å²) in [6.45, 7) is 5.55. The lowest BCUT2D eigenvalue weighted by Crippen LogP contribution is -2.63. The molecule has 4 rings (SSSR count). The third-order valence-corrected chi connectivity index (χ3v) is 6.91. The molecule has 0 radical (unpaired) electrons. The first-order chi connectivity index (χ1) is 9.84. The molecule has 0 heterocycles. The predicted octanol–water partition coefficient (Wildman–Crippen LogP) is 3.30. The van der Waals surface area contributed by atoms with Crippen molar-refractivity contribution in [2.24, 2.45) is 27.4 Å². The van der Waals surface area contributed by atoms with Crippen molar-refractivity contribution in [2.75, 3.05) is 13.2 Å². The Kier molecular flexibility index (Phi) is 3.28. The fourth-order valence-corrected chi connectivity index (χ4v) is 6.83. The van der Waals surface area contributed by atoms with Gasteiger partial charge >= 0.3 is 0 Å². The van der Waals surface area contributed by atoms with Crippen molar-refractivity contribution in [1.82, 2.24) is 0 Å². The Morgan fingerprint density at radius 2 is 1.38 bits per heavy atom. The summed E-state index contributed by atoms with van der Waals surface area (Å²) >= 11 is 0. The quantitative estimate of drug-likeness (QED) is 0.602. The molecule has 2 atom stereocenters. The van der Waals surface area contributed by atoms with E-state index in [4.69, 9.17) is 10.6 Å². The average Bonchev–Trinajstić information content (AvgIpc) is 2.44. The number of rotatable bonds is 6. The first-order valence-electron chi connectivity index (χ1n) is 8.32. The highest BCUT2D eigenvalue weighted by molar-refractivity contribution is 5.17. The largest absolute Gasteiger partial charge is 0.330 e. The Bertz CT molecular complexity index is 392. The lowest BCUT2D eigenvalue weighted by atomic mass is 9.34. The first-order valence-corrected chi connectivity index (χ1v) is 8.32. The SMILES string of the molecule is CCC12CC3(CC)CC(CN)(C1)CC(CO[N+](=O)[O-])(C2)C3. The van der Waals surface area contributed by atoms with Gasteiger partial charge in [-0.25, -0.2) is 0 Å². The molecule has 2 N–H and O–H groups in total. The van der Waals surface area contributed by atoms with Gasteiger partial charge in [-0.1, -0.05) is 26.7 Å². The summed E-state index contributed by atoms with van der Waals surface area (Å²) in [7, 11) is 0. The van der Waals surface area contributed by atoms with Crippen LogP contribution in [0.1, 0.15) is 65.2 Å². The van der Waals surface area contributed by atoms with Crippen LogP contribution in [0.25, 0.3) is 0 Å². The smallest absolute Gasteiger partial charge is 0.294 e. The molecule has 0 saturated heterocycles. The molecule has 0 aromatic carbocycles. The Balaban J connectivity index is 1.97. The van der Waals surface area contributed by atoms with Gasteiger partial charge in [0.2, 0.25) is 0 Å². The van der Waals surface area contributed by atoms with Crippen LogP contribution in [-0.2, 0) is 4.84 Å². The van der Waals surface area contributed by atoms with Crippen molar-refractivity contribution in [2.45, 2.75) is 65.2 Å². The highest BCUT2D eigenvalue weighted by Crippen LogP contribution is 2.75. The number of nitrogens with two attached hydrogens (primary N) is 1. The molecule has 4 bridgehead atoms. The minimum atomic E-state index is -0.620. The normalized spacial score (nSPS) is 47.6. The van der Waals surface area contributed by atoms with E-state index in [1.807, 2.05) is 0 Å². The second-order valence-corrected chi connectivity index (χ2v) is 8.47. The van der Waals surface area contributed by atoms with E-state index < -0.39 is 5.09 Å². The van der Waals surface area contributed by atoms with Gasteiger partial charge < -0.3 is 10.6 Å². The summed E-state index contributed by atoms with van der Waals surface area (Å²) in [5, 5.41) is 10.1. The Hall–Kier alpha value is -0.840. The van der Waals surface area contributed by atoms with E-state index in [2.05, 4.69) is 13.8 Å². The van der Waals surface area contributed by atoms with E-state index in [9.17, 15) is 10.1 Å². The third kappa shape index (κ3) is 2.24. The van der Waals surface area contributed by atoms with Crippen molar-refractivity contribution in [3.05, 3.63) is 10.1 Å². The summed E-state index contributed by atoms with van der Waals surface area (Å²) in [6, 6.07) is 0. The Morgan fingerprint density at radius 1 is 0.952 bits per heavy atom. The predicted molar refractivity (Wildman–Crippen MR) is 80.0 cm³/mol. The monoisotopic (exact) mass is 296 g/mol. The second-order valence-electron chi connectivity index (χ2n) is 8.47. The lowest BCUT2D eigenvalue weighted by Gasteiger charge is -2.70. The summed E-state index contributed by atoms with van der Waals surface area (Å²) in [6.07, 6.45) is 9.25. The molecule has 0 aliphatic heterocycles. The van der Waals surface area contributed by atoms with Crippen LogP contribution in [0.3, 0.4) is 0 Å². The molecule has 0 spiro atoms. The highest BCUT2D eigenvalue weighted by Gasteiger charge is 2.66. The van der Waals surface area contributed by atoms with E-state index in [0.29, 0.717) is 10.8 Å². The minimum Gasteiger partial charge on any atom is -0.330 e. The van der Waals surface area contributed by atoms with Gasteiger partial charge in [-0.15, -0.1) is 10.1 Å². The summed E-state index contributed by atoms with van der Waals surface area (Å²) in [5.41, 5.74) is 7.04. The van der Waals surface area contributed by atoms with E-state index in [0.717, 1.165) is 38.6 Å². The van der Waals surface area contributed by atoms with Crippen molar-refractivity contribution < 1.29 is 9.92 Å². The zero-order chi connectivity index (χ0) is 15.4. The molecule has 0 aromatic heterocycles. The van der Waals surface area contributed by atoms with Crippen molar-refractivity contribution in [3.8, 4) is 0 Å². The van der Waals surface area contributed by atoms with Gasteiger partial charge in [0.1, 0.15) is 6.61 Å². The molecule has 4 aliphatic carbocycles. The molecule has 21 heavy (non-hydrogen) atoms. The number of nitrogens with zero attached hydrogens (tertiary/aromatic N) is 1. The maximum Gasteiger partial charge on any atom is 0.294 e. The topological polar surface area (TPSA) is 78.4 Å². The van der Waals surface area contributed by atoms with E-state index in [-0.39, 0.29) is 17.4 Å². The standard InChI is InChI=1S/C16H28N2O3/c1-3-13-5-14(4-2)7-15(6-13,11-17)10-16(8-13,9-14)12-21-18(19)20/h3-12,17H2,1-2H3. The van der Waals surface area contributed by atoms with Crippen LogP contribution in [0.15, 0.2) is 0 Å². The molecule has 120 valence electrons. The Labute approximate surface area is 126 Å². The summed E-state index contributed by atoms with van der Waals surface area (Å²) in [4.78, 5) is 15.6. The molecule has 5 heteroatoms. The van der Waals surface area contributed by atoms with Crippen LogP contribution < -0.4 is 5.73 Å². The number of hydrogen-bond acceptors (Lipinski definition) is 4. The highest BCUT2D eigenvalue weighted by atomic mass is 16.9. The average molecular weight is 296 g/mol. The molecule has 5 nitrogen and oxygen atoms in total. The van der Waals surface area contributed by atoms with Gasteiger partial charge in [0.05, 0.1) is 0 Å². The van der Waals surface area contributed by atoms with Crippen molar-refractivity contribution in [1.29, 1.82) is 0 Å². The van der Waals surface area contributed by atoms with Crippen LogP contribution in [0.2, 0.25) is 0 Å². The van der Waals surface area contributed by atoms with Gasteiger partial charge in [-0.05, 0) is 66.7 Å². The van der Waals surface area contributed by atoms with E-state index in [1.165, 1.54) is 19.3 Å². The molecule has 0 amide bonds. The fourth-order valence-electron chi connectivity index (χ4n) is 6.83. The second kappa shape index (κ2) is 4.58. The molecule has 2 unspecified atom stereocenters. The van der Waals surface area contributed by atoms with Crippen molar-refractivity contribution in [3.63, 3.8) is 0 Å². The van der Waals surface area contributed by atoms with Crippen LogP contribution in [0.5, 0.6) is 0 Å². The zero-order valence-electron chi connectivity index (χ0n) is 13.3. The van der Waals surface area contributed by atoms with Gasteiger partial charge in [0.25, 0.3) is 5.09 Å². The molecule has 4 saturated carbocycles. The zero-order valence-corrected chi connectivity index (χ0v) is 13.3. The molecule has 4 aliphatic rings. The van der Waals surface area contributed by atoms with Crippen LogP contribution in [0, 0.1) is 31.8 Å². The third-order valence-electron chi connectivity index (χ3n) is 6.91. The molecule has 4 fully saturated rings. The van der Waals surface area contributed by atoms with Crippen LogP contribution in [0.4, 0.5) is 0 Å². The van der Waals surface area contributed by atoms with Gasteiger partial charge in [-0.2, -0.15) is 0 Å². The lowest BCUT2D eigenvalue weighted by molar-refractivity contribution is -0.761. The van der Waals surface area contributed by atoms with E-state index in [1.54, 1.807) is 0 Å². The maximum absolute atomic E-state index is 10.7.